The number of carbonyl (C=O) groups is 1. The topological polar surface area (TPSA) is 57.8 Å². The highest BCUT2D eigenvalue weighted by Gasteiger charge is 2.17. The zero-order valence-electron chi connectivity index (χ0n) is 9.22. The molecule has 1 rings (SSSR count). The van der Waals surface area contributed by atoms with E-state index in [1.165, 1.54) is 0 Å². The predicted octanol–water partition coefficient (Wildman–Crippen LogP) is 2.27. The van der Waals surface area contributed by atoms with Crippen LogP contribution < -0.4 is 5.32 Å². The number of halogens is 1. The van der Waals surface area contributed by atoms with Crippen LogP contribution in [0.1, 0.15) is 32.9 Å². The van der Waals surface area contributed by atoms with Crippen LogP contribution in [-0.4, -0.2) is 22.0 Å². The maximum Gasteiger partial charge on any atom is 0.226 e. The number of aromatic nitrogens is 2. The molecule has 0 bridgehead atoms. The van der Waals surface area contributed by atoms with Crippen molar-refractivity contribution in [2.75, 3.05) is 11.2 Å². The molecule has 0 radical (unpaired) electrons. The summed E-state index contributed by atoms with van der Waals surface area (Å²) in [7, 11) is 0. The molecule has 5 heteroatoms. The maximum absolute atomic E-state index is 11.2. The predicted molar refractivity (Wildman–Crippen MR) is 61.3 cm³/mol. The highest BCUT2D eigenvalue weighted by atomic mass is 35.5. The first-order chi connectivity index (χ1) is 6.93. The van der Waals surface area contributed by atoms with Crippen LogP contribution in [0.25, 0.3) is 0 Å². The molecule has 0 aliphatic rings. The Bertz CT molecular complexity index is 341. The quantitative estimate of drug-likeness (QED) is 0.782. The maximum atomic E-state index is 11.2. The lowest BCUT2D eigenvalue weighted by molar-refractivity contribution is -0.115. The minimum atomic E-state index is -0.114. The van der Waals surface area contributed by atoms with Crippen LogP contribution in [0.4, 0.5) is 5.82 Å². The van der Waals surface area contributed by atoms with Crippen LogP contribution in [-0.2, 0) is 10.2 Å². The molecule has 0 spiro atoms. The lowest BCUT2D eigenvalue weighted by atomic mass is 9.92. The number of hydrogen-bond donors (Lipinski definition) is 2. The number of amides is 1. The van der Waals surface area contributed by atoms with Gasteiger partial charge in [-0.25, -0.2) is 0 Å². The third-order valence-electron chi connectivity index (χ3n) is 1.97. The van der Waals surface area contributed by atoms with Gasteiger partial charge in [-0.15, -0.1) is 11.6 Å². The van der Waals surface area contributed by atoms with Crippen LogP contribution in [0.2, 0.25) is 0 Å². The van der Waals surface area contributed by atoms with Crippen molar-refractivity contribution in [2.24, 2.45) is 0 Å². The van der Waals surface area contributed by atoms with Gasteiger partial charge in [0.2, 0.25) is 5.91 Å². The smallest absolute Gasteiger partial charge is 0.226 e. The van der Waals surface area contributed by atoms with Crippen molar-refractivity contribution in [2.45, 2.75) is 32.6 Å². The van der Waals surface area contributed by atoms with Crippen molar-refractivity contribution in [3.05, 3.63) is 11.8 Å². The monoisotopic (exact) mass is 229 g/mol. The zero-order chi connectivity index (χ0) is 11.5. The number of H-pyrrole nitrogens is 1. The summed E-state index contributed by atoms with van der Waals surface area (Å²) in [6.45, 7) is 6.22. The number of nitrogens with zero attached hydrogens (tertiary/aromatic N) is 1. The Kier molecular flexibility index (Phi) is 3.74. The fourth-order valence-electron chi connectivity index (χ4n) is 1.06. The molecule has 0 aliphatic heterocycles. The van der Waals surface area contributed by atoms with E-state index >= 15 is 0 Å². The average molecular weight is 230 g/mol. The van der Waals surface area contributed by atoms with Gasteiger partial charge in [-0.2, -0.15) is 5.10 Å². The Morgan fingerprint density at radius 3 is 2.73 bits per heavy atom. The summed E-state index contributed by atoms with van der Waals surface area (Å²) in [5.41, 5.74) is 0.992. The number of alkyl halides is 1. The van der Waals surface area contributed by atoms with Gasteiger partial charge < -0.3 is 5.32 Å². The van der Waals surface area contributed by atoms with Crippen LogP contribution in [0, 0.1) is 0 Å². The third-order valence-corrected chi connectivity index (χ3v) is 2.16. The minimum absolute atomic E-state index is 0.00244. The lowest BCUT2D eigenvalue weighted by Crippen LogP contribution is -2.12. The van der Waals surface area contributed by atoms with Crippen LogP contribution >= 0.6 is 11.6 Å². The van der Waals surface area contributed by atoms with Gasteiger partial charge in [-0.1, -0.05) is 20.8 Å². The minimum Gasteiger partial charge on any atom is -0.309 e. The van der Waals surface area contributed by atoms with E-state index in [0.29, 0.717) is 18.1 Å². The first-order valence-electron chi connectivity index (χ1n) is 4.85. The number of carbonyl (C=O) groups excluding carboxylic acids is 1. The molecule has 1 aromatic rings. The van der Waals surface area contributed by atoms with Crippen molar-refractivity contribution in [3.8, 4) is 0 Å². The third kappa shape index (κ3) is 3.55. The second kappa shape index (κ2) is 4.66. The van der Waals surface area contributed by atoms with E-state index in [1.807, 2.05) is 6.07 Å². The van der Waals surface area contributed by atoms with Crippen molar-refractivity contribution in [3.63, 3.8) is 0 Å². The first kappa shape index (κ1) is 12.0. The van der Waals surface area contributed by atoms with Gasteiger partial charge in [0.05, 0.1) is 0 Å². The SMILES string of the molecule is CC(C)(C)c1cc(NC(=O)CCCl)n[nH]1. The number of rotatable bonds is 3. The van der Waals surface area contributed by atoms with Gasteiger partial charge in [-0.3, -0.25) is 9.89 Å². The molecule has 0 aliphatic carbocycles. The largest absolute Gasteiger partial charge is 0.309 e. The summed E-state index contributed by atoms with van der Waals surface area (Å²) in [4.78, 5) is 11.2. The molecule has 1 amide bonds. The fraction of sp³-hybridized carbons (Fsp3) is 0.600. The van der Waals surface area contributed by atoms with Crippen molar-refractivity contribution >= 4 is 23.3 Å². The molecule has 1 heterocycles. The highest BCUT2D eigenvalue weighted by Crippen LogP contribution is 2.21. The summed E-state index contributed by atoms with van der Waals surface area (Å²) in [6.07, 6.45) is 0.305. The Morgan fingerprint density at radius 1 is 1.60 bits per heavy atom. The molecule has 1 aromatic heterocycles. The van der Waals surface area contributed by atoms with Gasteiger partial charge in [0, 0.05) is 29.5 Å². The Labute approximate surface area is 94.4 Å². The van der Waals surface area contributed by atoms with E-state index in [4.69, 9.17) is 11.6 Å². The second-order valence-electron chi connectivity index (χ2n) is 4.40. The molecule has 0 aromatic carbocycles. The number of aromatic amines is 1. The Balaban J connectivity index is 2.65. The number of anilines is 1. The van der Waals surface area contributed by atoms with Crippen molar-refractivity contribution in [1.29, 1.82) is 0 Å². The number of hydrogen-bond acceptors (Lipinski definition) is 2. The molecule has 0 saturated carbocycles. The van der Waals surface area contributed by atoms with Gasteiger partial charge in [-0.05, 0) is 0 Å². The van der Waals surface area contributed by atoms with Crippen molar-refractivity contribution in [1.82, 2.24) is 10.2 Å². The standard InChI is InChI=1S/C10H16ClN3O/c1-10(2,3)7-6-8(14-13-7)12-9(15)4-5-11/h6H,4-5H2,1-3H3,(H2,12,13,14,15). The molecule has 0 fully saturated rings. The second-order valence-corrected chi connectivity index (χ2v) is 4.78. The molecule has 0 saturated heterocycles. The van der Waals surface area contributed by atoms with Gasteiger partial charge in [0.15, 0.2) is 5.82 Å². The molecule has 0 unspecified atom stereocenters. The normalized spacial score (nSPS) is 11.5. The number of nitrogens with one attached hydrogen (secondary N) is 2. The molecule has 2 N–H and O–H groups in total. The molecule has 0 atom stereocenters. The molecule has 84 valence electrons. The summed E-state index contributed by atoms with van der Waals surface area (Å²) < 4.78 is 0. The van der Waals surface area contributed by atoms with Gasteiger partial charge >= 0.3 is 0 Å². The summed E-state index contributed by atoms with van der Waals surface area (Å²) in [5, 5.41) is 9.57. The average Bonchev–Trinajstić information content (AvgIpc) is 2.52. The summed E-state index contributed by atoms with van der Waals surface area (Å²) >= 11 is 5.45. The van der Waals surface area contributed by atoms with Crippen LogP contribution in [0.5, 0.6) is 0 Å². The molecule has 4 nitrogen and oxygen atoms in total. The zero-order valence-corrected chi connectivity index (χ0v) is 9.98. The van der Waals surface area contributed by atoms with E-state index in [9.17, 15) is 4.79 Å². The molecular weight excluding hydrogens is 214 g/mol. The Morgan fingerprint density at radius 2 is 2.27 bits per heavy atom. The van der Waals surface area contributed by atoms with E-state index in [0.717, 1.165) is 5.69 Å². The fourth-order valence-corrected chi connectivity index (χ4v) is 1.23. The highest BCUT2D eigenvalue weighted by molar-refractivity contribution is 6.19. The van der Waals surface area contributed by atoms with E-state index in [1.54, 1.807) is 0 Å². The molecular formula is C10H16ClN3O. The van der Waals surface area contributed by atoms with Crippen molar-refractivity contribution < 1.29 is 4.79 Å². The van der Waals surface area contributed by atoms with E-state index in [-0.39, 0.29) is 11.3 Å². The molecule has 15 heavy (non-hydrogen) atoms. The van der Waals surface area contributed by atoms with Crippen LogP contribution in [0.15, 0.2) is 6.07 Å². The van der Waals surface area contributed by atoms with Crippen LogP contribution in [0.3, 0.4) is 0 Å². The summed E-state index contributed by atoms with van der Waals surface area (Å²) in [5.74, 6) is 0.759. The van der Waals surface area contributed by atoms with Gasteiger partial charge in [0.25, 0.3) is 0 Å². The lowest BCUT2D eigenvalue weighted by Gasteiger charge is -2.14. The Hall–Kier alpha value is -1.03. The van der Waals surface area contributed by atoms with E-state index in [2.05, 4.69) is 36.3 Å². The van der Waals surface area contributed by atoms with E-state index < -0.39 is 0 Å². The summed E-state index contributed by atoms with van der Waals surface area (Å²) in [6, 6.07) is 1.84. The first-order valence-corrected chi connectivity index (χ1v) is 5.38. The van der Waals surface area contributed by atoms with Gasteiger partial charge in [0.1, 0.15) is 0 Å².